The van der Waals surface area contributed by atoms with Gasteiger partial charge in [-0.15, -0.1) is 0 Å². The quantitative estimate of drug-likeness (QED) is 0.882. The van der Waals surface area contributed by atoms with E-state index in [0.717, 1.165) is 24.2 Å². The largest absolute Gasteiger partial charge is 0.341 e. The maximum atomic E-state index is 12.0. The molecule has 0 unspecified atom stereocenters. The van der Waals surface area contributed by atoms with Crippen molar-refractivity contribution in [2.75, 3.05) is 13.1 Å². The molecule has 1 aliphatic heterocycles. The molecule has 0 spiro atoms. The van der Waals surface area contributed by atoms with Gasteiger partial charge in [0.1, 0.15) is 11.8 Å². The first kappa shape index (κ1) is 17.2. The number of hydrogen-bond acceptors (Lipinski definition) is 3. The number of benzene rings is 1. The van der Waals surface area contributed by atoms with Crippen LogP contribution in [0.5, 0.6) is 0 Å². The van der Waals surface area contributed by atoms with Gasteiger partial charge in [0.25, 0.3) is 0 Å². The topological polar surface area (TPSA) is 61.1 Å². The van der Waals surface area contributed by atoms with Crippen molar-refractivity contribution in [1.29, 1.82) is 5.26 Å². The Kier molecular flexibility index (Phi) is 5.20. The van der Waals surface area contributed by atoms with Crippen molar-refractivity contribution in [3.63, 3.8) is 0 Å². The maximum absolute atomic E-state index is 12.0. The minimum Gasteiger partial charge on any atom is -0.341 e. The van der Waals surface area contributed by atoms with Crippen LogP contribution in [0.25, 0.3) is 0 Å². The number of rotatable bonds is 6. The highest BCUT2D eigenvalue weighted by atomic mass is 16.2. The van der Waals surface area contributed by atoms with Gasteiger partial charge in [-0.3, -0.25) is 4.79 Å². The van der Waals surface area contributed by atoms with Crippen molar-refractivity contribution in [3.8, 4) is 6.07 Å². The lowest BCUT2D eigenvalue weighted by Gasteiger charge is -2.25. The Morgan fingerprint density at radius 1 is 1.32 bits per heavy atom. The van der Waals surface area contributed by atoms with Crippen molar-refractivity contribution in [1.82, 2.24) is 14.8 Å². The number of nitrogens with one attached hydrogen (secondary N) is 1. The normalized spacial score (nSPS) is 15.4. The lowest BCUT2D eigenvalue weighted by atomic mass is 10.1. The average Bonchev–Trinajstić information content (AvgIpc) is 3.16. The SMILES string of the molecule is Cc1c(CN[C@@H](CN2CCCC2=O)c2ccccc2)cc(C#N)n1C. The van der Waals surface area contributed by atoms with E-state index in [1.807, 2.05) is 47.7 Å². The molecule has 2 heterocycles. The molecule has 1 atom stereocenters. The third-order valence-electron chi connectivity index (χ3n) is 5.07. The molecule has 25 heavy (non-hydrogen) atoms. The Balaban J connectivity index is 1.76. The number of carbonyl (C=O) groups excluding carboxylic acids is 1. The fourth-order valence-electron chi connectivity index (χ4n) is 3.37. The fraction of sp³-hybridized carbons (Fsp3) is 0.400. The third-order valence-corrected chi connectivity index (χ3v) is 5.07. The van der Waals surface area contributed by atoms with Gasteiger partial charge in [-0.1, -0.05) is 30.3 Å². The van der Waals surface area contributed by atoms with Crippen LogP contribution in [0, 0.1) is 18.3 Å². The number of aromatic nitrogens is 1. The highest BCUT2D eigenvalue weighted by Gasteiger charge is 2.24. The summed E-state index contributed by atoms with van der Waals surface area (Å²) in [5.41, 5.74) is 4.05. The van der Waals surface area contributed by atoms with Crippen LogP contribution < -0.4 is 5.32 Å². The molecular formula is C20H24N4O. The Bertz CT molecular complexity index is 788. The van der Waals surface area contributed by atoms with Gasteiger partial charge >= 0.3 is 0 Å². The van der Waals surface area contributed by atoms with E-state index in [1.54, 1.807) is 0 Å². The lowest BCUT2D eigenvalue weighted by Crippen LogP contribution is -2.35. The van der Waals surface area contributed by atoms with Crippen molar-refractivity contribution >= 4 is 5.91 Å². The summed E-state index contributed by atoms with van der Waals surface area (Å²) in [5, 5.41) is 12.8. The number of likely N-dealkylation sites (tertiary alicyclic amines) is 1. The second kappa shape index (κ2) is 7.54. The summed E-state index contributed by atoms with van der Waals surface area (Å²) in [6.45, 7) is 4.22. The summed E-state index contributed by atoms with van der Waals surface area (Å²) in [6.07, 6.45) is 1.61. The number of nitriles is 1. The molecule has 1 N–H and O–H groups in total. The first-order chi connectivity index (χ1) is 12.1. The number of carbonyl (C=O) groups is 1. The van der Waals surface area contributed by atoms with Gasteiger partial charge < -0.3 is 14.8 Å². The van der Waals surface area contributed by atoms with Crippen LogP contribution in [-0.4, -0.2) is 28.5 Å². The fourth-order valence-corrected chi connectivity index (χ4v) is 3.37. The van der Waals surface area contributed by atoms with E-state index in [-0.39, 0.29) is 11.9 Å². The van der Waals surface area contributed by atoms with Crippen molar-refractivity contribution in [2.24, 2.45) is 7.05 Å². The van der Waals surface area contributed by atoms with Crippen molar-refractivity contribution < 1.29 is 4.79 Å². The summed E-state index contributed by atoms with van der Waals surface area (Å²) in [6, 6.07) is 14.5. The summed E-state index contributed by atoms with van der Waals surface area (Å²) in [5.74, 6) is 0.241. The molecule has 0 bridgehead atoms. The molecule has 1 saturated heterocycles. The van der Waals surface area contributed by atoms with E-state index in [9.17, 15) is 10.1 Å². The minimum absolute atomic E-state index is 0.0772. The highest BCUT2D eigenvalue weighted by Crippen LogP contribution is 2.20. The molecule has 0 saturated carbocycles. The van der Waals surface area contributed by atoms with Gasteiger partial charge in [0.2, 0.25) is 5.91 Å². The van der Waals surface area contributed by atoms with Crippen molar-refractivity contribution in [3.05, 3.63) is 58.9 Å². The van der Waals surface area contributed by atoms with Gasteiger partial charge in [-0.2, -0.15) is 5.26 Å². The molecule has 1 aromatic heterocycles. The molecule has 1 aliphatic rings. The lowest BCUT2D eigenvalue weighted by molar-refractivity contribution is -0.128. The van der Waals surface area contributed by atoms with Crippen LogP contribution in [0.4, 0.5) is 0 Å². The summed E-state index contributed by atoms with van der Waals surface area (Å²) >= 11 is 0. The molecule has 0 aliphatic carbocycles. The zero-order chi connectivity index (χ0) is 17.8. The standard InChI is InChI=1S/C20H24N4O/c1-15-17(11-18(12-21)23(15)2)13-22-19(16-7-4-3-5-8-16)14-24-10-6-9-20(24)25/h3-5,7-8,11,19,22H,6,9-10,13-14H2,1-2H3/t19-/m0/s1. The van der Waals surface area contributed by atoms with E-state index in [0.29, 0.717) is 25.2 Å². The molecule has 3 rings (SSSR count). The van der Waals surface area contributed by atoms with E-state index >= 15 is 0 Å². The minimum atomic E-state index is 0.0772. The van der Waals surface area contributed by atoms with E-state index in [4.69, 9.17) is 0 Å². The van der Waals surface area contributed by atoms with Crippen LogP contribution in [-0.2, 0) is 18.4 Å². The number of amides is 1. The second-order valence-electron chi connectivity index (χ2n) is 6.60. The van der Waals surface area contributed by atoms with Crippen LogP contribution >= 0.6 is 0 Å². The average molecular weight is 336 g/mol. The van der Waals surface area contributed by atoms with Crippen molar-refractivity contribution in [2.45, 2.75) is 32.4 Å². The van der Waals surface area contributed by atoms with Gasteiger partial charge in [0.05, 0.1) is 6.04 Å². The van der Waals surface area contributed by atoms with E-state index in [2.05, 4.69) is 23.5 Å². The zero-order valence-electron chi connectivity index (χ0n) is 14.8. The van der Waals surface area contributed by atoms with Crippen LogP contribution in [0.3, 0.4) is 0 Å². The van der Waals surface area contributed by atoms with Gasteiger partial charge in [-0.05, 0) is 30.5 Å². The Labute approximate surface area is 148 Å². The molecule has 1 amide bonds. The molecule has 5 nitrogen and oxygen atoms in total. The molecule has 5 heteroatoms. The molecule has 0 radical (unpaired) electrons. The van der Waals surface area contributed by atoms with E-state index in [1.165, 1.54) is 5.56 Å². The number of nitrogens with zero attached hydrogens (tertiary/aromatic N) is 3. The summed E-state index contributed by atoms with van der Waals surface area (Å²) in [7, 11) is 1.91. The highest BCUT2D eigenvalue weighted by molar-refractivity contribution is 5.78. The zero-order valence-corrected chi connectivity index (χ0v) is 14.8. The van der Waals surface area contributed by atoms with Crippen LogP contribution in [0.2, 0.25) is 0 Å². The van der Waals surface area contributed by atoms with Gasteiger partial charge in [-0.25, -0.2) is 0 Å². The molecule has 1 aromatic carbocycles. The second-order valence-corrected chi connectivity index (χ2v) is 6.60. The first-order valence-corrected chi connectivity index (χ1v) is 8.71. The van der Waals surface area contributed by atoms with Gasteiger partial charge in [0, 0.05) is 38.8 Å². The van der Waals surface area contributed by atoms with E-state index < -0.39 is 0 Å². The summed E-state index contributed by atoms with van der Waals surface area (Å²) in [4.78, 5) is 14.0. The monoisotopic (exact) mass is 336 g/mol. The molecule has 1 fully saturated rings. The molecule has 2 aromatic rings. The Hall–Kier alpha value is -2.58. The maximum Gasteiger partial charge on any atom is 0.222 e. The Morgan fingerprint density at radius 3 is 2.68 bits per heavy atom. The molecular weight excluding hydrogens is 312 g/mol. The molecule has 130 valence electrons. The summed E-state index contributed by atoms with van der Waals surface area (Å²) < 4.78 is 1.92. The first-order valence-electron chi connectivity index (χ1n) is 8.71. The predicted molar refractivity (Wildman–Crippen MR) is 96.7 cm³/mol. The smallest absolute Gasteiger partial charge is 0.222 e. The van der Waals surface area contributed by atoms with Gasteiger partial charge in [0.15, 0.2) is 0 Å². The Morgan fingerprint density at radius 2 is 2.08 bits per heavy atom. The predicted octanol–water partition coefficient (Wildman–Crippen LogP) is 2.66. The van der Waals surface area contributed by atoms with Crippen LogP contribution in [0.15, 0.2) is 36.4 Å². The van der Waals surface area contributed by atoms with Crippen LogP contribution in [0.1, 0.15) is 41.4 Å². The third kappa shape index (κ3) is 3.75. The number of hydrogen-bond donors (Lipinski definition) is 1.